The number of carboxylic acid groups (broad SMARTS) is 1. The van der Waals surface area contributed by atoms with E-state index in [0.29, 0.717) is 12.8 Å². The van der Waals surface area contributed by atoms with Gasteiger partial charge in [-0.2, -0.15) is 0 Å². The maximum Gasteiger partial charge on any atom is 0.306 e. The molecule has 1 aromatic heterocycles. The summed E-state index contributed by atoms with van der Waals surface area (Å²) in [4.78, 5) is 37.5. The number of rotatable bonds is 8. The summed E-state index contributed by atoms with van der Waals surface area (Å²) in [5.41, 5.74) is 3.20. The lowest BCUT2D eigenvalue weighted by Gasteiger charge is -2.20. The lowest BCUT2D eigenvalue weighted by Crippen LogP contribution is -2.38. The lowest BCUT2D eigenvalue weighted by molar-refractivity contribution is -0.141. The Morgan fingerprint density at radius 1 is 1.07 bits per heavy atom. The number of aromatic amines is 1. The Morgan fingerprint density at radius 2 is 1.72 bits per heavy atom. The van der Waals surface area contributed by atoms with Crippen molar-refractivity contribution in [3.8, 4) is 11.1 Å². The highest BCUT2D eigenvalue weighted by atomic mass is 32.1. The number of hydrogen-bond acceptors (Lipinski definition) is 4. The number of benzene rings is 2. The topological polar surface area (TPSA) is 99.3 Å². The van der Waals surface area contributed by atoms with Crippen molar-refractivity contribution < 1.29 is 14.7 Å². The molecule has 29 heavy (non-hydrogen) atoms. The molecule has 0 aliphatic rings. The van der Waals surface area contributed by atoms with Gasteiger partial charge < -0.3 is 15.4 Å². The van der Waals surface area contributed by atoms with Gasteiger partial charge in [-0.15, -0.1) is 0 Å². The van der Waals surface area contributed by atoms with Gasteiger partial charge in [0.1, 0.15) is 4.88 Å². The van der Waals surface area contributed by atoms with E-state index >= 15 is 0 Å². The van der Waals surface area contributed by atoms with Gasteiger partial charge >= 0.3 is 10.8 Å². The van der Waals surface area contributed by atoms with Crippen LogP contribution < -0.4 is 10.2 Å². The molecule has 0 bridgehead atoms. The second-order valence-corrected chi connectivity index (χ2v) is 7.97. The summed E-state index contributed by atoms with van der Waals surface area (Å²) in [6.45, 7) is 1.62. The predicted octanol–water partition coefficient (Wildman–Crippen LogP) is 3.56. The number of carboxylic acids is 1. The molecule has 3 aromatic rings. The van der Waals surface area contributed by atoms with Crippen molar-refractivity contribution in [2.75, 3.05) is 0 Å². The number of carbonyl (C=O) groups is 2. The van der Waals surface area contributed by atoms with Crippen LogP contribution in [-0.2, 0) is 11.2 Å². The van der Waals surface area contributed by atoms with E-state index in [2.05, 4.69) is 10.3 Å². The van der Waals surface area contributed by atoms with Crippen LogP contribution in [0.1, 0.15) is 28.6 Å². The third-order valence-electron chi connectivity index (χ3n) is 4.69. The Bertz CT molecular complexity index is 1020. The maximum absolute atomic E-state index is 12.4. The van der Waals surface area contributed by atoms with E-state index in [4.69, 9.17) is 0 Å². The molecule has 0 aliphatic heterocycles. The van der Waals surface area contributed by atoms with Crippen molar-refractivity contribution in [1.82, 2.24) is 10.3 Å². The third kappa shape index (κ3) is 5.65. The van der Waals surface area contributed by atoms with Crippen molar-refractivity contribution in [3.63, 3.8) is 0 Å². The molecule has 3 N–H and O–H groups in total. The summed E-state index contributed by atoms with van der Waals surface area (Å²) in [5.74, 6) is -1.89. The van der Waals surface area contributed by atoms with Gasteiger partial charge in [-0.05, 0) is 29.5 Å². The van der Waals surface area contributed by atoms with Crippen LogP contribution >= 0.6 is 11.3 Å². The summed E-state index contributed by atoms with van der Waals surface area (Å²) in [7, 11) is 0. The predicted molar refractivity (Wildman–Crippen MR) is 113 cm³/mol. The first-order valence-corrected chi connectivity index (χ1v) is 10.1. The van der Waals surface area contributed by atoms with Gasteiger partial charge in [0.05, 0.1) is 5.92 Å². The number of thiazole rings is 1. The van der Waals surface area contributed by atoms with E-state index < -0.39 is 11.9 Å². The number of H-pyrrole nitrogens is 1. The Balaban J connectivity index is 1.74. The van der Waals surface area contributed by atoms with Crippen molar-refractivity contribution >= 4 is 23.2 Å². The molecule has 7 heteroatoms. The Hall–Kier alpha value is -3.19. The van der Waals surface area contributed by atoms with Gasteiger partial charge in [0, 0.05) is 12.2 Å². The summed E-state index contributed by atoms with van der Waals surface area (Å²) >= 11 is 0.829. The monoisotopic (exact) mass is 410 g/mol. The van der Waals surface area contributed by atoms with Gasteiger partial charge in [0.15, 0.2) is 0 Å². The summed E-state index contributed by atoms with van der Waals surface area (Å²) in [6, 6.07) is 17.6. The molecule has 150 valence electrons. The molecule has 0 fully saturated rings. The number of aromatic nitrogens is 1. The van der Waals surface area contributed by atoms with Crippen LogP contribution in [0, 0.1) is 5.92 Å². The van der Waals surface area contributed by atoms with Crippen molar-refractivity contribution in [2.24, 2.45) is 5.92 Å². The standard InChI is InChI=1S/C22H22N2O4S/c1-14(21(26)27)11-18(24-20(25)19-13-23-22(28)29-19)12-15-7-9-17(10-8-15)16-5-3-2-4-6-16/h2-10,13-14,18H,11-12H2,1H3,(H,23,28)(H,24,25)(H,26,27). The highest BCUT2D eigenvalue weighted by Gasteiger charge is 2.22. The van der Waals surface area contributed by atoms with E-state index in [9.17, 15) is 19.5 Å². The molecule has 0 saturated carbocycles. The largest absolute Gasteiger partial charge is 0.481 e. The number of hydrogen-bond donors (Lipinski definition) is 3. The van der Waals surface area contributed by atoms with Crippen LogP contribution in [0.2, 0.25) is 0 Å². The zero-order valence-corrected chi connectivity index (χ0v) is 16.7. The minimum Gasteiger partial charge on any atom is -0.481 e. The van der Waals surface area contributed by atoms with E-state index in [1.54, 1.807) is 6.92 Å². The van der Waals surface area contributed by atoms with E-state index in [0.717, 1.165) is 28.0 Å². The second-order valence-electron chi connectivity index (χ2n) is 6.95. The SMILES string of the molecule is CC(CC(Cc1ccc(-c2ccccc2)cc1)NC(=O)c1c[nH]c(=O)s1)C(=O)O. The second kappa shape index (κ2) is 9.34. The van der Waals surface area contributed by atoms with Gasteiger partial charge in [-0.25, -0.2) is 0 Å². The summed E-state index contributed by atoms with van der Waals surface area (Å²) in [5, 5.41) is 12.1. The fourth-order valence-corrected chi connectivity index (χ4v) is 3.71. The van der Waals surface area contributed by atoms with Gasteiger partial charge in [0.2, 0.25) is 0 Å². The molecular formula is C22H22N2O4S. The molecule has 1 heterocycles. The van der Waals surface area contributed by atoms with E-state index in [1.807, 2.05) is 54.6 Å². The highest BCUT2D eigenvalue weighted by molar-refractivity contribution is 7.11. The van der Waals surface area contributed by atoms with Crippen molar-refractivity contribution in [1.29, 1.82) is 0 Å². The molecule has 2 aromatic carbocycles. The fraction of sp³-hybridized carbons (Fsp3) is 0.227. The van der Waals surface area contributed by atoms with Crippen LogP contribution in [0.4, 0.5) is 0 Å². The molecule has 6 nitrogen and oxygen atoms in total. The van der Waals surface area contributed by atoms with Crippen LogP contribution in [0.15, 0.2) is 65.6 Å². The van der Waals surface area contributed by atoms with Crippen LogP contribution in [0.3, 0.4) is 0 Å². The molecule has 3 rings (SSSR count). The molecule has 0 spiro atoms. The van der Waals surface area contributed by atoms with Crippen LogP contribution in [-0.4, -0.2) is 28.0 Å². The normalized spacial score (nSPS) is 12.9. The van der Waals surface area contributed by atoms with E-state index in [1.165, 1.54) is 6.20 Å². The zero-order valence-electron chi connectivity index (χ0n) is 15.9. The highest BCUT2D eigenvalue weighted by Crippen LogP contribution is 2.21. The number of carbonyl (C=O) groups excluding carboxylic acids is 1. The van der Waals surface area contributed by atoms with Crippen molar-refractivity contribution in [2.45, 2.75) is 25.8 Å². The summed E-state index contributed by atoms with van der Waals surface area (Å²) in [6.07, 6.45) is 2.16. The van der Waals surface area contributed by atoms with Crippen LogP contribution in [0.25, 0.3) is 11.1 Å². The minimum absolute atomic E-state index is 0.280. The smallest absolute Gasteiger partial charge is 0.306 e. The minimum atomic E-state index is -0.907. The Morgan fingerprint density at radius 3 is 2.31 bits per heavy atom. The van der Waals surface area contributed by atoms with Crippen molar-refractivity contribution in [3.05, 3.63) is 80.9 Å². The summed E-state index contributed by atoms with van der Waals surface area (Å²) < 4.78 is 0. The molecule has 1 amide bonds. The molecule has 0 radical (unpaired) electrons. The lowest BCUT2D eigenvalue weighted by atomic mass is 9.95. The number of amides is 1. The quantitative estimate of drug-likeness (QED) is 0.529. The average Bonchev–Trinajstić information content (AvgIpc) is 3.15. The number of aliphatic carboxylic acids is 1. The Kier molecular flexibility index (Phi) is 6.61. The molecule has 2 atom stereocenters. The molecule has 2 unspecified atom stereocenters. The first kappa shape index (κ1) is 20.5. The van der Waals surface area contributed by atoms with Gasteiger partial charge in [-0.1, -0.05) is 72.9 Å². The molecule has 0 saturated heterocycles. The Labute approximate surface area is 172 Å². The van der Waals surface area contributed by atoms with Gasteiger partial charge in [0.25, 0.3) is 5.91 Å². The first-order chi connectivity index (χ1) is 13.9. The van der Waals surface area contributed by atoms with Gasteiger partial charge in [-0.3, -0.25) is 14.4 Å². The molecule has 0 aliphatic carbocycles. The molecular weight excluding hydrogens is 388 g/mol. The zero-order chi connectivity index (χ0) is 20.8. The maximum atomic E-state index is 12.4. The third-order valence-corrected chi connectivity index (χ3v) is 5.51. The first-order valence-electron chi connectivity index (χ1n) is 9.29. The van der Waals surface area contributed by atoms with Crippen LogP contribution in [0.5, 0.6) is 0 Å². The average molecular weight is 410 g/mol. The van der Waals surface area contributed by atoms with E-state index in [-0.39, 0.29) is 21.7 Å². The number of nitrogens with one attached hydrogen (secondary N) is 2. The fourth-order valence-electron chi connectivity index (χ4n) is 3.12.